The molecule has 0 saturated carbocycles. The van der Waals surface area contributed by atoms with E-state index in [0.29, 0.717) is 28.4 Å². The first-order valence-electron chi connectivity index (χ1n) is 8.05. The number of methoxy groups -OCH3 is 3. The summed E-state index contributed by atoms with van der Waals surface area (Å²) in [6.45, 7) is 1.77. The number of hydrogen-bond acceptors (Lipinski definition) is 5. The third kappa shape index (κ3) is 3.13. The molecule has 0 atom stereocenters. The van der Waals surface area contributed by atoms with Gasteiger partial charge in [-0.15, -0.1) is 0 Å². The van der Waals surface area contributed by atoms with Gasteiger partial charge in [0.05, 0.1) is 32.5 Å². The third-order valence-electron chi connectivity index (χ3n) is 4.14. The Labute approximate surface area is 151 Å². The van der Waals surface area contributed by atoms with Crippen LogP contribution in [0.15, 0.2) is 42.0 Å². The van der Waals surface area contributed by atoms with Gasteiger partial charge in [-0.3, -0.25) is 9.89 Å². The molecule has 3 aromatic rings. The van der Waals surface area contributed by atoms with E-state index in [-0.39, 0.29) is 5.78 Å². The molecule has 0 amide bonds. The van der Waals surface area contributed by atoms with Crippen molar-refractivity contribution in [3.8, 4) is 17.2 Å². The van der Waals surface area contributed by atoms with Gasteiger partial charge < -0.3 is 14.2 Å². The molecule has 3 rings (SSSR count). The molecule has 0 aliphatic heterocycles. The predicted octanol–water partition coefficient (Wildman–Crippen LogP) is 3.87. The Morgan fingerprint density at radius 2 is 1.69 bits per heavy atom. The van der Waals surface area contributed by atoms with Crippen LogP contribution in [0.5, 0.6) is 17.2 Å². The second-order valence-corrected chi connectivity index (χ2v) is 5.72. The molecule has 0 aliphatic rings. The Balaban J connectivity index is 2.00. The number of fused-ring (bicyclic) bond motifs is 1. The summed E-state index contributed by atoms with van der Waals surface area (Å²) in [4.78, 5) is 12.9. The van der Waals surface area contributed by atoms with Crippen LogP contribution < -0.4 is 14.2 Å². The minimum atomic E-state index is -0.136. The van der Waals surface area contributed by atoms with Crippen molar-refractivity contribution in [2.45, 2.75) is 6.92 Å². The number of nitrogens with one attached hydrogen (secondary N) is 1. The van der Waals surface area contributed by atoms with Gasteiger partial charge in [0.1, 0.15) is 0 Å². The number of H-pyrrole nitrogens is 1. The van der Waals surface area contributed by atoms with Crippen LogP contribution in [-0.2, 0) is 0 Å². The molecule has 26 heavy (non-hydrogen) atoms. The Kier molecular flexibility index (Phi) is 4.93. The minimum Gasteiger partial charge on any atom is -0.493 e. The molecule has 0 fully saturated rings. The normalized spacial score (nSPS) is 11.5. The molecule has 0 radical (unpaired) electrons. The Hall–Kier alpha value is -3.28. The lowest BCUT2D eigenvalue weighted by atomic mass is 10.0. The summed E-state index contributed by atoms with van der Waals surface area (Å²) < 4.78 is 15.9. The standard InChI is InChI=1S/C20H20N2O4/c1-12(9-16-14-7-5-6-8-15(14)21-22-16)19(23)13-10-17(24-2)20(26-4)18(11-13)25-3/h5-11H,1-4H3,(H,21,22). The number of aromatic nitrogens is 2. The number of benzene rings is 2. The summed E-state index contributed by atoms with van der Waals surface area (Å²) in [6, 6.07) is 11.0. The van der Waals surface area contributed by atoms with Crippen LogP contribution in [0.25, 0.3) is 17.0 Å². The van der Waals surface area contributed by atoms with Gasteiger partial charge in [-0.1, -0.05) is 18.2 Å². The Morgan fingerprint density at radius 3 is 2.31 bits per heavy atom. The molecule has 1 aromatic heterocycles. The summed E-state index contributed by atoms with van der Waals surface area (Å²) in [5, 5.41) is 8.17. The first-order valence-corrected chi connectivity index (χ1v) is 8.05. The van der Waals surface area contributed by atoms with Crippen molar-refractivity contribution in [3.05, 3.63) is 53.2 Å². The van der Waals surface area contributed by atoms with E-state index in [2.05, 4.69) is 10.2 Å². The van der Waals surface area contributed by atoms with E-state index in [4.69, 9.17) is 14.2 Å². The topological polar surface area (TPSA) is 73.4 Å². The quantitative estimate of drug-likeness (QED) is 0.538. The Morgan fingerprint density at radius 1 is 1.04 bits per heavy atom. The van der Waals surface area contributed by atoms with Crippen LogP contribution in [0.3, 0.4) is 0 Å². The van der Waals surface area contributed by atoms with E-state index in [9.17, 15) is 4.79 Å². The van der Waals surface area contributed by atoms with Gasteiger partial charge in [0, 0.05) is 10.9 Å². The lowest BCUT2D eigenvalue weighted by Gasteiger charge is -2.13. The van der Waals surface area contributed by atoms with Gasteiger partial charge in [0.25, 0.3) is 0 Å². The lowest BCUT2D eigenvalue weighted by molar-refractivity contribution is 0.103. The van der Waals surface area contributed by atoms with E-state index in [1.807, 2.05) is 24.3 Å². The van der Waals surface area contributed by atoms with Crippen molar-refractivity contribution in [1.29, 1.82) is 0 Å². The molecule has 1 heterocycles. The summed E-state index contributed by atoms with van der Waals surface area (Å²) >= 11 is 0. The van der Waals surface area contributed by atoms with Gasteiger partial charge in [-0.05, 0) is 36.8 Å². The fraction of sp³-hybridized carbons (Fsp3) is 0.200. The van der Waals surface area contributed by atoms with Gasteiger partial charge in [0.15, 0.2) is 17.3 Å². The van der Waals surface area contributed by atoms with Crippen LogP contribution in [0, 0.1) is 0 Å². The number of nitrogens with zero attached hydrogens (tertiary/aromatic N) is 1. The fourth-order valence-corrected chi connectivity index (χ4v) is 2.81. The largest absolute Gasteiger partial charge is 0.493 e. The zero-order valence-corrected chi connectivity index (χ0v) is 15.1. The highest BCUT2D eigenvalue weighted by molar-refractivity contribution is 6.12. The first-order chi connectivity index (χ1) is 12.6. The van der Waals surface area contributed by atoms with Crippen molar-refractivity contribution in [2.75, 3.05) is 21.3 Å². The number of hydrogen-bond donors (Lipinski definition) is 1. The van der Waals surface area contributed by atoms with E-state index in [1.54, 1.807) is 25.1 Å². The van der Waals surface area contributed by atoms with E-state index < -0.39 is 0 Å². The summed E-state index contributed by atoms with van der Waals surface area (Å²) in [5.74, 6) is 1.20. The van der Waals surface area contributed by atoms with E-state index in [1.165, 1.54) is 21.3 Å². The molecule has 1 N–H and O–H groups in total. The number of ketones is 1. The molecular formula is C20H20N2O4. The van der Waals surface area contributed by atoms with Gasteiger partial charge in [0.2, 0.25) is 5.75 Å². The number of ether oxygens (including phenoxy) is 3. The van der Waals surface area contributed by atoms with Crippen molar-refractivity contribution in [1.82, 2.24) is 10.2 Å². The number of allylic oxidation sites excluding steroid dienone is 1. The van der Waals surface area contributed by atoms with Gasteiger partial charge >= 0.3 is 0 Å². The van der Waals surface area contributed by atoms with Crippen molar-refractivity contribution in [2.24, 2.45) is 0 Å². The second-order valence-electron chi connectivity index (χ2n) is 5.72. The lowest BCUT2D eigenvalue weighted by Crippen LogP contribution is -2.04. The molecule has 0 spiro atoms. The first kappa shape index (κ1) is 17.5. The second kappa shape index (κ2) is 7.31. The van der Waals surface area contributed by atoms with Gasteiger partial charge in [-0.2, -0.15) is 5.10 Å². The van der Waals surface area contributed by atoms with Crippen LogP contribution in [-0.4, -0.2) is 37.3 Å². The molecule has 0 bridgehead atoms. The van der Waals surface area contributed by atoms with Crippen LogP contribution in [0.2, 0.25) is 0 Å². The number of para-hydroxylation sites is 1. The van der Waals surface area contributed by atoms with Crippen LogP contribution >= 0.6 is 0 Å². The van der Waals surface area contributed by atoms with Crippen molar-refractivity contribution < 1.29 is 19.0 Å². The molecule has 0 unspecified atom stereocenters. The molecule has 6 heteroatoms. The number of carbonyl (C=O) groups excluding carboxylic acids is 1. The molecular weight excluding hydrogens is 332 g/mol. The minimum absolute atomic E-state index is 0.136. The number of carbonyl (C=O) groups is 1. The summed E-state index contributed by atoms with van der Waals surface area (Å²) in [7, 11) is 4.56. The maximum atomic E-state index is 12.9. The van der Waals surface area contributed by atoms with E-state index in [0.717, 1.165) is 16.6 Å². The van der Waals surface area contributed by atoms with Crippen molar-refractivity contribution >= 4 is 22.8 Å². The van der Waals surface area contributed by atoms with Crippen molar-refractivity contribution in [3.63, 3.8) is 0 Å². The maximum Gasteiger partial charge on any atom is 0.203 e. The number of aromatic amines is 1. The fourth-order valence-electron chi connectivity index (χ4n) is 2.81. The Bertz CT molecular complexity index is 963. The smallest absolute Gasteiger partial charge is 0.203 e. The average molecular weight is 352 g/mol. The molecule has 0 aliphatic carbocycles. The SMILES string of the molecule is COc1cc(C(=O)C(C)=Cc2[nH]nc3ccccc23)cc(OC)c1OC. The highest BCUT2D eigenvalue weighted by Gasteiger charge is 2.18. The van der Waals surface area contributed by atoms with Gasteiger partial charge in [-0.25, -0.2) is 0 Å². The summed E-state index contributed by atoms with van der Waals surface area (Å²) in [6.07, 6.45) is 1.79. The van der Waals surface area contributed by atoms with Crippen LogP contribution in [0.1, 0.15) is 23.0 Å². The van der Waals surface area contributed by atoms with Crippen LogP contribution in [0.4, 0.5) is 0 Å². The predicted molar refractivity (Wildman–Crippen MR) is 100 cm³/mol. The van der Waals surface area contributed by atoms with E-state index >= 15 is 0 Å². The zero-order valence-electron chi connectivity index (χ0n) is 15.1. The average Bonchev–Trinajstić information content (AvgIpc) is 3.09. The molecule has 6 nitrogen and oxygen atoms in total. The highest BCUT2D eigenvalue weighted by Crippen LogP contribution is 2.38. The third-order valence-corrected chi connectivity index (χ3v) is 4.14. The highest BCUT2D eigenvalue weighted by atomic mass is 16.5. The number of rotatable bonds is 6. The monoisotopic (exact) mass is 352 g/mol. The molecule has 134 valence electrons. The molecule has 2 aromatic carbocycles. The zero-order chi connectivity index (χ0) is 18.7. The number of Topliss-reactive ketones (excluding diaryl/α,β-unsaturated/α-hetero) is 1. The summed E-state index contributed by atoms with van der Waals surface area (Å²) in [5.41, 5.74) is 2.66. The molecule has 0 saturated heterocycles. The maximum absolute atomic E-state index is 12.9.